The van der Waals surface area contributed by atoms with Crippen LogP contribution in [0.3, 0.4) is 0 Å². The summed E-state index contributed by atoms with van der Waals surface area (Å²) in [6.07, 6.45) is 0.606. The van der Waals surface area contributed by atoms with Crippen LogP contribution < -0.4 is 0 Å². The molecule has 3 rings (SSSR count). The first-order valence-electron chi connectivity index (χ1n) is 7.18. The van der Waals surface area contributed by atoms with Gasteiger partial charge in [0.15, 0.2) is 17.5 Å². The number of benzene rings is 1. The minimum absolute atomic E-state index is 0.0858. The number of hydrogen-bond donors (Lipinski definition) is 1. The van der Waals surface area contributed by atoms with Crippen LogP contribution in [0, 0.1) is 0 Å². The predicted molar refractivity (Wildman–Crippen MR) is 78.8 cm³/mol. The number of carbonyl (C=O) groups is 2. The highest BCUT2D eigenvalue weighted by Crippen LogP contribution is 2.31. The van der Waals surface area contributed by atoms with Crippen LogP contribution in [0.5, 0.6) is 0 Å². The summed E-state index contributed by atoms with van der Waals surface area (Å²) in [7, 11) is 1.51. The number of amides is 1. The quantitative estimate of drug-likeness (QED) is 0.922. The van der Waals surface area contributed by atoms with Crippen LogP contribution >= 0.6 is 0 Å². The van der Waals surface area contributed by atoms with Gasteiger partial charge in [-0.15, -0.1) is 0 Å². The third kappa shape index (κ3) is 2.83. The van der Waals surface area contributed by atoms with Crippen molar-refractivity contribution in [2.75, 3.05) is 13.7 Å². The van der Waals surface area contributed by atoms with E-state index in [1.165, 1.54) is 18.1 Å². The van der Waals surface area contributed by atoms with E-state index in [1.54, 1.807) is 12.1 Å². The fraction of sp³-hybridized carbons (Fsp3) is 0.312. The third-order valence-electron chi connectivity index (χ3n) is 3.84. The Labute approximate surface area is 132 Å². The molecule has 0 bridgehead atoms. The molecule has 1 unspecified atom stereocenters. The lowest BCUT2D eigenvalue weighted by atomic mass is 9.92. The second kappa shape index (κ2) is 6.21. The molecule has 1 aromatic carbocycles. The topological polar surface area (TPSA) is 92.9 Å². The van der Waals surface area contributed by atoms with Crippen LogP contribution in [0.2, 0.25) is 0 Å². The fourth-order valence-electron chi connectivity index (χ4n) is 2.82. The van der Waals surface area contributed by atoms with Gasteiger partial charge in [-0.05, 0) is 17.5 Å². The number of aromatic nitrogens is 1. The Kier molecular flexibility index (Phi) is 4.12. The molecule has 2 heterocycles. The number of rotatable bonds is 4. The Hall–Kier alpha value is -2.67. The second-order valence-electron chi connectivity index (χ2n) is 5.30. The van der Waals surface area contributed by atoms with Crippen molar-refractivity contribution in [1.82, 2.24) is 10.1 Å². The predicted octanol–water partition coefficient (Wildman–Crippen LogP) is 1.65. The number of carbonyl (C=O) groups excluding carboxylic acids is 1. The van der Waals surface area contributed by atoms with Crippen LogP contribution in [0.15, 0.2) is 34.9 Å². The van der Waals surface area contributed by atoms with Crippen LogP contribution in [0.4, 0.5) is 0 Å². The summed E-state index contributed by atoms with van der Waals surface area (Å²) in [6.45, 7) is 0.519. The number of aliphatic carboxylic acids is 1. The van der Waals surface area contributed by atoms with E-state index in [-0.39, 0.29) is 12.3 Å². The molecule has 1 N–H and O–H groups in total. The van der Waals surface area contributed by atoms with Gasteiger partial charge in [0.1, 0.15) is 6.61 Å². The van der Waals surface area contributed by atoms with Crippen molar-refractivity contribution in [3.05, 3.63) is 52.9 Å². The number of carboxylic acid groups (broad SMARTS) is 1. The Morgan fingerprint density at radius 1 is 1.43 bits per heavy atom. The van der Waals surface area contributed by atoms with Crippen LogP contribution in [0.1, 0.15) is 33.4 Å². The van der Waals surface area contributed by atoms with E-state index in [9.17, 15) is 14.7 Å². The van der Waals surface area contributed by atoms with Crippen LogP contribution in [-0.4, -0.2) is 40.7 Å². The van der Waals surface area contributed by atoms with E-state index < -0.39 is 17.9 Å². The summed E-state index contributed by atoms with van der Waals surface area (Å²) in [6, 6.07) is 7.73. The molecule has 2 aromatic rings. The van der Waals surface area contributed by atoms with Gasteiger partial charge in [0.2, 0.25) is 0 Å². The molecular weight excluding hydrogens is 300 g/mol. The Bertz CT molecular complexity index is 740. The lowest BCUT2D eigenvalue weighted by Crippen LogP contribution is -2.43. The third-order valence-corrected chi connectivity index (χ3v) is 3.84. The highest BCUT2D eigenvalue weighted by molar-refractivity contribution is 5.95. The molecule has 1 atom stereocenters. The van der Waals surface area contributed by atoms with Gasteiger partial charge in [-0.3, -0.25) is 4.79 Å². The minimum atomic E-state index is -1.06. The molecule has 0 spiro atoms. The summed E-state index contributed by atoms with van der Waals surface area (Å²) in [5.74, 6) is -1.11. The SMILES string of the molecule is COCc1cc(C(=O)N2CCc3ccccc3C2C(=O)O)no1. The van der Waals surface area contributed by atoms with E-state index in [0.717, 1.165) is 5.56 Å². The van der Waals surface area contributed by atoms with E-state index in [0.29, 0.717) is 24.3 Å². The van der Waals surface area contributed by atoms with Gasteiger partial charge in [0, 0.05) is 19.7 Å². The maximum atomic E-state index is 12.6. The van der Waals surface area contributed by atoms with Crippen molar-refractivity contribution in [3.63, 3.8) is 0 Å². The van der Waals surface area contributed by atoms with Crippen molar-refractivity contribution in [2.45, 2.75) is 19.1 Å². The van der Waals surface area contributed by atoms with Gasteiger partial charge in [0.25, 0.3) is 5.91 Å². The average molecular weight is 316 g/mol. The van der Waals surface area contributed by atoms with Crippen molar-refractivity contribution in [2.24, 2.45) is 0 Å². The number of ether oxygens (including phenoxy) is 1. The molecule has 120 valence electrons. The maximum absolute atomic E-state index is 12.6. The molecule has 0 saturated heterocycles. The van der Waals surface area contributed by atoms with E-state index in [2.05, 4.69) is 5.16 Å². The van der Waals surface area contributed by atoms with Crippen LogP contribution in [0.25, 0.3) is 0 Å². The monoisotopic (exact) mass is 316 g/mol. The van der Waals surface area contributed by atoms with Crippen molar-refractivity contribution < 1.29 is 24.0 Å². The number of carboxylic acids is 1. The molecule has 0 saturated carbocycles. The van der Waals surface area contributed by atoms with E-state index in [4.69, 9.17) is 9.26 Å². The lowest BCUT2D eigenvalue weighted by Gasteiger charge is -2.34. The van der Waals surface area contributed by atoms with Gasteiger partial charge < -0.3 is 19.3 Å². The zero-order valence-electron chi connectivity index (χ0n) is 12.6. The smallest absolute Gasteiger partial charge is 0.331 e. The number of methoxy groups -OCH3 is 1. The van der Waals surface area contributed by atoms with Crippen molar-refractivity contribution in [3.8, 4) is 0 Å². The minimum Gasteiger partial charge on any atom is -0.479 e. The Morgan fingerprint density at radius 3 is 2.96 bits per heavy atom. The number of nitrogens with zero attached hydrogens (tertiary/aromatic N) is 2. The molecule has 1 aliphatic rings. The first-order valence-corrected chi connectivity index (χ1v) is 7.18. The van der Waals surface area contributed by atoms with Crippen molar-refractivity contribution in [1.29, 1.82) is 0 Å². The zero-order chi connectivity index (χ0) is 16.4. The standard InChI is InChI=1S/C16H16N2O5/c1-22-9-11-8-13(17-23-11)15(19)18-7-6-10-4-2-3-5-12(10)14(18)16(20)21/h2-5,8,14H,6-7,9H2,1H3,(H,20,21). The molecule has 7 heteroatoms. The first-order chi connectivity index (χ1) is 11.1. The summed E-state index contributed by atoms with van der Waals surface area (Å²) < 4.78 is 9.93. The van der Waals surface area contributed by atoms with E-state index >= 15 is 0 Å². The van der Waals surface area contributed by atoms with Gasteiger partial charge in [-0.1, -0.05) is 29.4 Å². The zero-order valence-corrected chi connectivity index (χ0v) is 12.6. The largest absolute Gasteiger partial charge is 0.479 e. The molecule has 1 aliphatic heterocycles. The van der Waals surface area contributed by atoms with E-state index in [1.807, 2.05) is 12.1 Å². The summed E-state index contributed by atoms with van der Waals surface area (Å²) in [5, 5.41) is 13.3. The Morgan fingerprint density at radius 2 is 2.22 bits per heavy atom. The lowest BCUT2D eigenvalue weighted by molar-refractivity contribution is -0.143. The number of hydrogen-bond acceptors (Lipinski definition) is 5. The maximum Gasteiger partial charge on any atom is 0.331 e. The summed E-state index contributed by atoms with van der Waals surface area (Å²) >= 11 is 0. The number of fused-ring (bicyclic) bond motifs is 1. The molecule has 0 radical (unpaired) electrons. The van der Waals surface area contributed by atoms with Crippen LogP contribution in [-0.2, 0) is 22.6 Å². The van der Waals surface area contributed by atoms with Crippen molar-refractivity contribution >= 4 is 11.9 Å². The molecule has 0 fully saturated rings. The Balaban J connectivity index is 1.92. The summed E-state index contributed by atoms with van der Waals surface area (Å²) in [4.78, 5) is 25.7. The van der Waals surface area contributed by atoms with Gasteiger partial charge >= 0.3 is 5.97 Å². The fourth-order valence-corrected chi connectivity index (χ4v) is 2.82. The summed E-state index contributed by atoms with van der Waals surface area (Å²) in [5.41, 5.74) is 1.67. The van der Waals surface area contributed by atoms with Gasteiger partial charge in [-0.2, -0.15) is 0 Å². The molecule has 0 aliphatic carbocycles. The molecule has 1 aromatic heterocycles. The second-order valence-corrected chi connectivity index (χ2v) is 5.30. The molecule has 23 heavy (non-hydrogen) atoms. The highest BCUT2D eigenvalue weighted by Gasteiger charge is 2.37. The molecular formula is C16H16N2O5. The highest BCUT2D eigenvalue weighted by atomic mass is 16.5. The first kappa shape index (κ1) is 15.2. The van der Waals surface area contributed by atoms with Gasteiger partial charge in [-0.25, -0.2) is 4.79 Å². The molecule has 7 nitrogen and oxygen atoms in total. The van der Waals surface area contributed by atoms with Gasteiger partial charge in [0.05, 0.1) is 0 Å². The molecule has 1 amide bonds. The average Bonchev–Trinajstić information content (AvgIpc) is 3.02. The normalized spacial score (nSPS) is 16.9.